The highest BCUT2D eigenvalue weighted by Gasteiger charge is 2.23. The fourth-order valence-electron chi connectivity index (χ4n) is 4.75. The summed E-state index contributed by atoms with van der Waals surface area (Å²) in [6.07, 6.45) is 0. The normalized spacial score (nSPS) is 15.5. The smallest absolute Gasteiger partial charge is 0.250 e. The van der Waals surface area contributed by atoms with Crippen molar-refractivity contribution < 1.29 is 9.84 Å². The van der Waals surface area contributed by atoms with E-state index >= 15 is 0 Å². The van der Waals surface area contributed by atoms with Gasteiger partial charge in [-0.25, -0.2) is 0 Å². The third kappa shape index (κ3) is 5.19. The van der Waals surface area contributed by atoms with Crippen LogP contribution in [0.2, 0.25) is 0 Å². The molecule has 1 fully saturated rings. The van der Waals surface area contributed by atoms with Gasteiger partial charge in [0.05, 0.1) is 37.3 Å². The van der Waals surface area contributed by atoms with Crippen LogP contribution in [-0.2, 0) is 4.74 Å². The fourth-order valence-corrected chi connectivity index (χ4v) is 7.17. The number of rotatable bonds is 6. The summed E-state index contributed by atoms with van der Waals surface area (Å²) in [5, 5.41) is 13.5. The third-order valence-corrected chi connectivity index (χ3v) is 9.24. The van der Waals surface area contributed by atoms with E-state index < -0.39 is 0 Å². The molecule has 0 radical (unpaired) electrons. The van der Waals surface area contributed by atoms with Gasteiger partial charge in [-0.2, -0.15) is 0 Å². The van der Waals surface area contributed by atoms with Crippen molar-refractivity contribution in [2.45, 2.75) is 32.5 Å². The summed E-state index contributed by atoms with van der Waals surface area (Å²) in [6, 6.07) is 21.8. The topological polar surface area (TPSA) is 90.5 Å². The van der Waals surface area contributed by atoms with Crippen molar-refractivity contribution in [3.63, 3.8) is 0 Å². The first-order valence-electron chi connectivity index (χ1n) is 12.6. The standard InChI is InChI=1S/C29H28N4O3S2/c1-18-4-2-6-22(30-18)24(17-34)31-19-8-9-25-27(14-19)37-26-7-3-5-21(29(26)38-25)23-15-20(16-28(35)32-23)33-10-12-36-13-11-33/h2-9,14-16,24,31,34H,10-13,17H2,1H3,(H,32,35). The van der Waals surface area contributed by atoms with E-state index in [9.17, 15) is 9.90 Å². The first kappa shape index (κ1) is 25.1. The molecule has 1 unspecified atom stereocenters. The molecule has 7 nitrogen and oxygen atoms in total. The van der Waals surface area contributed by atoms with Gasteiger partial charge in [-0.1, -0.05) is 41.7 Å². The van der Waals surface area contributed by atoms with Crippen LogP contribution in [-0.4, -0.2) is 48.0 Å². The number of aryl methyl sites for hydroxylation is 1. The predicted octanol–water partition coefficient (Wildman–Crippen LogP) is 5.34. The molecule has 38 heavy (non-hydrogen) atoms. The van der Waals surface area contributed by atoms with Crippen molar-refractivity contribution in [2.75, 3.05) is 43.1 Å². The number of H-pyrrole nitrogens is 1. The number of ether oxygens (including phenoxy) is 1. The lowest BCUT2D eigenvalue weighted by atomic mass is 10.1. The van der Waals surface area contributed by atoms with Gasteiger partial charge >= 0.3 is 0 Å². The van der Waals surface area contributed by atoms with Crippen molar-refractivity contribution in [1.82, 2.24) is 9.97 Å². The number of aliphatic hydroxyl groups is 1. The Morgan fingerprint density at radius 1 is 1.03 bits per heavy atom. The van der Waals surface area contributed by atoms with Crippen LogP contribution in [0.1, 0.15) is 17.4 Å². The molecule has 4 aromatic rings. The third-order valence-electron chi connectivity index (χ3n) is 6.64. The zero-order chi connectivity index (χ0) is 26.1. The Morgan fingerprint density at radius 2 is 1.87 bits per heavy atom. The maximum absolute atomic E-state index is 12.6. The number of nitrogens with one attached hydrogen (secondary N) is 2. The van der Waals surface area contributed by atoms with Crippen molar-refractivity contribution in [1.29, 1.82) is 0 Å². The van der Waals surface area contributed by atoms with E-state index in [4.69, 9.17) is 4.74 Å². The number of anilines is 2. The van der Waals surface area contributed by atoms with Gasteiger partial charge in [-0.15, -0.1) is 0 Å². The maximum Gasteiger partial charge on any atom is 0.250 e. The summed E-state index contributed by atoms with van der Waals surface area (Å²) in [5.74, 6) is 0. The molecule has 2 aliphatic rings. The summed E-state index contributed by atoms with van der Waals surface area (Å²) < 4.78 is 5.48. The van der Waals surface area contributed by atoms with Crippen molar-refractivity contribution in [3.8, 4) is 11.3 Å². The van der Waals surface area contributed by atoms with E-state index in [1.54, 1.807) is 29.6 Å². The Bertz CT molecular complexity index is 1530. The molecule has 1 saturated heterocycles. The van der Waals surface area contributed by atoms with Crippen LogP contribution in [0.5, 0.6) is 0 Å². The number of hydrogen-bond acceptors (Lipinski definition) is 8. The maximum atomic E-state index is 12.6. The second kappa shape index (κ2) is 10.9. The first-order valence-corrected chi connectivity index (χ1v) is 14.2. The summed E-state index contributed by atoms with van der Waals surface area (Å²) in [4.78, 5) is 27.0. The summed E-state index contributed by atoms with van der Waals surface area (Å²) in [5.41, 5.74) is 5.33. The second-order valence-electron chi connectivity index (χ2n) is 9.30. The molecule has 1 atom stereocenters. The van der Waals surface area contributed by atoms with Crippen LogP contribution in [0.4, 0.5) is 11.4 Å². The molecular weight excluding hydrogens is 516 g/mol. The lowest BCUT2D eigenvalue weighted by Crippen LogP contribution is -2.36. The minimum Gasteiger partial charge on any atom is -0.394 e. The van der Waals surface area contributed by atoms with Crippen molar-refractivity contribution >= 4 is 34.9 Å². The molecule has 2 aliphatic heterocycles. The molecule has 0 bridgehead atoms. The largest absolute Gasteiger partial charge is 0.394 e. The van der Waals surface area contributed by atoms with Crippen LogP contribution < -0.4 is 15.8 Å². The minimum absolute atomic E-state index is 0.0522. The molecule has 0 saturated carbocycles. The number of morpholine rings is 1. The van der Waals surface area contributed by atoms with Gasteiger partial charge in [-0.05, 0) is 49.4 Å². The molecule has 2 aromatic carbocycles. The molecule has 0 amide bonds. The highest BCUT2D eigenvalue weighted by Crippen LogP contribution is 2.52. The molecule has 0 aliphatic carbocycles. The Balaban J connectivity index is 1.28. The number of benzene rings is 2. The molecule has 0 spiro atoms. The number of hydrogen-bond donors (Lipinski definition) is 3. The highest BCUT2D eigenvalue weighted by molar-refractivity contribution is 8.05. The summed E-state index contributed by atoms with van der Waals surface area (Å²) in [7, 11) is 0. The van der Waals surface area contributed by atoms with Gasteiger partial charge in [0.25, 0.3) is 0 Å². The van der Waals surface area contributed by atoms with Crippen LogP contribution in [0.15, 0.2) is 91.1 Å². The predicted molar refractivity (Wildman–Crippen MR) is 153 cm³/mol. The Labute approximate surface area is 229 Å². The van der Waals surface area contributed by atoms with Crippen molar-refractivity contribution in [3.05, 3.63) is 88.5 Å². The molecule has 2 aromatic heterocycles. The van der Waals surface area contributed by atoms with Gasteiger partial charge in [-0.3, -0.25) is 9.78 Å². The van der Waals surface area contributed by atoms with Crippen molar-refractivity contribution in [2.24, 2.45) is 0 Å². The lowest BCUT2D eigenvalue weighted by Gasteiger charge is -2.29. The quantitative estimate of drug-likeness (QED) is 0.264. The SMILES string of the molecule is Cc1cccc(C(CO)Nc2ccc3c(c2)Sc2cccc(-c4cc(N5CCOCC5)cc(=O)[nH]4)c2S3)n1. The molecule has 9 heteroatoms. The van der Waals surface area contributed by atoms with E-state index in [2.05, 4.69) is 50.5 Å². The van der Waals surface area contributed by atoms with E-state index in [1.165, 1.54) is 0 Å². The van der Waals surface area contributed by atoms with E-state index in [0.29, 0.717) is 13.2 Å². The number of aromatic amines is 1. The Morgan fingerprint density at radius 3 is 2.68 bits per heavy atom. The summed E-state index contributed by atoms with van der Waals surface area (Å²) in [6.45, 7) is 4.80. The Hall–Kier alpha value is -3.24. The van der Waals surface area contributed by atoms with E-state index in [-0.39, 0.29) is 18.2 Å². The summed E-state index contributed by atoms with van der Waals surface area (Å²) >= 11 is 3.43. The minimum atomic E-state index is -0.288. The van der Waals surface area contributed by atoms with Crippen LogP contribution >= 0.6 is 23.5 Å². The van der Waals surface area contributed by atoms with Gasteiger partial charge in [0.2, 0.25) is 5.56 Å². The molecule has 194 valence electrons. The fraction of sp³-hybridized carbons (Fsp3) is 0.241. The zero-order valence-electron chi connectivity index (χ0n) is 20.9. The monoisotopic (exact) mass is 544 g/mol. The van der Waals surface area contributed by atoms with E-state index in [0.717, 1.165) is 66.7 Å². The van der Waals surface area contributed by atoms with Gasteiger partial charge in [0.1, 0.15) is 0 Å². The molecule has 3 N–H and O–H groups in total. The lowest BCUT2D eigenvalue weighted by molar-refractivity contribution is 0.122. The number of nitrogens with zero attached hydrogens (tertiary/aromatic N) is 2. The number of aliphatic hydroxyl groups excluding tert-OH is 1. The van der Waals surface area contributed by atoms with Crippen LogP contribution in [0, 0.1) is 6.92 Å². The highest BCUT2D eigenvalue weighted by atomic mass is 32.2. The molecular formula is C29H28N4O3S2. The average Bonchev–Trinajstić information content (AvgIpc) is 2.94. The molecule has 6 rings (SSSR count). The zero-order valence-corrected chi connectivity index (χ0v) is 22.6. The van der Waals surface area contributed by atoms with Gasteiger partial charge in [0.15, 0.2) is 0 Å². The van der Waals surface area contributed by atoms with Gasteiger partial charge < -0.3 is 25.0 Å². The van der Waals surface area contributed by atoms with Crippen LogP contribution in [0.25, 0.3) is 11.3 Å². The number of fused-ring (bicyclic) bond motifs is 2. The van der Waals surface area contributed by atoms with Gasteiger partial charge in [0, 0.05) is 61.4 Å². The average molecular weight is 545 g/mol. The van der Waals surface area contributed by atoms with Crippen LogP contribution in [0.3, 0.4) is 0 Å². The van der Waals surface area contributed by atoms with E-state index in [1.807, 2.05) is 37.3 Å². The second-order valence-corrected chi connectivity index (χ2v) is 11.4. The number of pyridine rings is 2. The first-order chi connectivity index (χ1) is 18.6. The Kier molecular flexibility index (Phi) is 7.16. The number of aromatic nitrogens is 2. The molecule has 4 heterocycles.